The first kappa shape index (κ1) is 15.7. The Morgan fingerprint density at radius 1 is 1.15 bits per heavy atom. The Kier molecular flexibility index (Phi) is 3.33. The van der Waals surface area contributed by atoms with E-state index in [1.54, 1.807) is 23.1 Å². The molecule has 1 atom stereocenters. The standard InChI is InChI=1S/C19H15N5O3/c25-16-7-6-15(18(26)21-16)24-14-5-4-11(10-23-9-8-20-22-23)12-2-1-3-13(17(12)14)19(24)27/h1-5,8-9,15H,6-7,10H2,(H,21,25,26). The minimum absolute atomic E-state index is 0.206. The van der Waals surface area contributed by atoms with Crippen LogP contribution in [0.2, 0.25) is 0 Å². The van der Waals surface area contributed by atoms with Crippen LogP contribution in [-0.2, 0) is 16.1 Å². The summed E-state index contributed by atoms with van der Waals surface area (Å²) in [7, 11) is 0. The Labute approximate surface area is 153 Å². The Hall–Kier alpha value is -3.55. The molecule has 8 heteroatoms. The second kappa shape index (κ2) is 5.73. The number of rotatable bonds is 3. The number of nitrogens with one attached hydrogen (secondary N) is 1. The van der Waals surface area contributed by atoms with Crippen molar-refractivity contribution >= 4 is 34.2 Å². The largest absolute Gasteiger partial charge is 0.295 e. The zero-order valence-corrected chi connectivity index (χ0v) is 14.3. The number of imide groups is 1. The van der Waals surface area contributed by atoms with Gasteiger partial charge in [-0.2, -0.15) is 0 Å². The molecule has 3 amide bonds. The second-order valence-corrected chi connectivity index (χ2v) is 6.71. The monoisotopic (exact) mass is 361 g/mol. The van der Waals surface area contributed by atoms with Gasteiger partial charge in [-0.15, -0.1) is 5.10 Å². The highest BCUT2D eigenvalue weighted by atomic mass is 16.2. The molecule has 3 aromatic rings. The molecule has 2 aliphatic rings. The Bertz CT molecular complexity index is 1110. The molecular weight excluding hydrogens is 346 g/mol. The van der Waals surface area contributed by atoms with Crippen molar-refractivity contribution in [3.8, 4) is 0 Å². The predicted molar refractivity (Wildman–Crippen MR) is 96.1 cm³/mol. The maximum absolute atomic E-state index is 13.1. The first-order chi connectivity index (χ1) is 13.1. The lowest BCUT2D eigenvalue weighted by atomic mass is 10.00. The van der Waals surface area contributed by atoms with Crippen LogP contribution in [-0.4, -0.2) is 38.8 Å². The van der Waals surface area contributed by atoms with Gasteiger partial charge >= 0.3 is 0 Å². The minimum atomic E-state index is -0.674. The van der Waals surface area contributed by atoms with Crippen molar-refractivity contribution in [2.75, 3.05) is 4.90 Å². The van der Waals surface area contributed by atoms with E-state index in [2.05, 4.69) is 15.6 Å². The Balaban J connectivity index is 1.62. The Morgan fingerprint density at radius 2 is 2.04 bits per heavy atom. The number of carbonyl (C=O) groups excluding carboxylic acids is 3. The summed E-state index contributed by atoms with van der Waals surface area (Å²) in [5.74, 6) is -0.927. The first-order valence-corrected chi connectivity index (χ1v) is 8.69. The molecule has 27 heavy (non-hydrogen) atoms. The van der Waals surface area contributed by atoms with Gasteiger partial charge in [0.05, 0.1) is 18.4 Å². The quantitative estimate of drug-likeness (QED) is 0.708. The third-order valence-electron chi connectivity index (χ3n) is 5.14. The zero-order valence-electron chi connectivity index (χ0n) is 14.3. The fourth-order valence-electron chi connectivity index (χ4n) is 3.93. The van der Waals surface area contributed by atoms with Crippen LogP contribution < -0.4 is 10.2 Å². The molecule has 2 aliphatic heterocycles. The van der Waals surface area contributed by atoms with Gasteiger partial charge in [-0.3, -0.25) is 24.6 Å². The fraction of sp³-hybridized carbons (Fsp3) is 0.211. The molecule has 0 aliphatic carbocycles. The van der Waals surface area contributed by atoms with E-state index in [9.17, 15) is 14.4 Å². The molecule has 3 heterocycles. The normalized spacial score (nSPS) is 19.0. The molecule has 1 unspecified atom stereocenters. The number of amides is 3. The maximum Gasteiger partial charge on any atom is 0.259 e. The zero-order chi connectivity index (χ0) is 18.5. The van der Waals surface area contributed by atoms with Crippen molar-refractivity contribution in [2.45, 2.75) is 25.4 Å². The molecule has 134 valence electrons. The van der Waals surface area contributed by atoms with Gasteiger partial charge in [-0.05, 0) is 29.5 Å². The van der Waals surface area contributed by atoms with Gasteiger partial charge in [-0.25, -0.2) is 4.68 Å². The van der Waals surface area contributed by atoms with Gasteiger partial charge in [0.15, 0.2) is 0 Å². The average molecular weight is 361 g/mol. The van der Waals surface area contributed by atoms with Gasteiger partial charge in [0.2, 0.25) is 11.8 Å². The van der Waals surface area contributed by atoms with Gasteiger partial charge < -0.3 is 0 Å². The number of aromatic nitrogens is 3. The molecule has 0 bridgehead atoms. The number of hydrogen-bond acceptors (Lipinski definition) is 5. The molecule has 8 nitrogen and oxygen atoms in total. The van der Waals surface area contributed by atoms with Crippen molar-refractivity contribution in [3.05, 3.63) is 53.9 Å². The molecular formula is C19H15N5O3. The van der Waals surface area contributed by atoms with Crippen LogP contribution in [0, 0.1) is 0 Å². The number of benzene rings is 2. The first-order valence-electron chi connectivity index (χ1n) is 8.69. The highest BCUT2D eigenvalue weighted by Crippen LogP contribution is 2.41. The molecule has 0 spiro atoms. The molecule has 5 rings (SSSR count). The van der Waals surface area contributed by atoms with E-state index >= 15 is 0 Å². The second-order valence-electron chi connectivity index (χ2n) is 6.71. The van der Waals surface area contributed by atoms with Crippen LogP contribution in [0.15, 0.2) is 42.7 Å². The van der Waals surface area contributed by atoms with Crippen molar-refractivity contribution in [1.82, 2.24) is 20.3 Å². The number of nitrogens with zero attached hydrogens (tertiary/aromatic N) is 4. The van der Waals surface area contributed by atoms with Crippen molar-refractivity contribution in [1.29, 1.82) is 0 Å². The van der Waals surface area contributed by atoms with E-state index in [1.807, 2.05) is 24.3 Å². The van der Waals surface area contributed by atoms with E-state index in [4.69, 9.17) is 0 Å². The molecule has 0 saturated carbocycles. The minimum Gasteiger partial charge on any atom is -0.295 e. The van der Waals surface area contributed by atoms with E-state index in [0.717, 1.165) is 16.3 Å². The van der Waals surface area contributed by atoms with Crippen molar-refractivity contribution < 1.29 is 14.4 Å². The summed E-state index contributed by atoms with van der Waals surface area (Å²) in [6.07, 6.45) is 3.95. The van der Waals surface area contributed by atoms with Crippen LogP contribution >= 0.6 is 0 Å². The number of hydrogen-bond donors (Lipinski definition) is 1. The summed E-state index contributed by atoms with van der Waals surface area (Å²) in [5.41, 5.74) is 2.30. The average Bonchev–Trinajstić information content (AvgIpc) is 3.26. The van der Waals surface area contributed by atoms with Gasteiger partial charge in [-0.1, -0.05) is 23.4 Å². The number of piperidine rings is 1. The molecule has 1 N–H and O–H groups in total. The smallest absolute Gasteiger partial charge is 0.259 e. The topological polar surface area (TPSA) is 97.2 Å². The third kappa shape index (κ3) is 2.33. The van der Waals surface area contributed by atoms with Crippen molar-refractivity contribution in [3.63, 3.8) is 0 Å². The summed E-state index contributed by atoms with van der Waals surface area (Å²) in [6.45, 7) is 0.535. The lowest BCUT2D eigenvalue weighted by Gasteiger charge is -2.30. The van der Waals surface area contributed by atoms with Gasteiger partial charge in [0.25, 0.3) is 5.91 Å². The van der Waals surface area contributed by atoms with Crippen LogP contribution in [0.3, 0.4) is 0 Å². The molecule has 1 saturated heterocycles. The lowest BCUT2D eigenvalue weighted by Crippen LogP contribution is -2.53. The highest BCUT2D eigenvalue weighted by Gasteiger charge is 2.40. The van der Waals surface area contributed by atoms with E-state index < -0.39 is 11.9 Å². The fourth-order valence-corrected chi connectivity index (χ4v) is 3.93. The summed E-state index contributed by atoms with van der Waals surface area (Å²) < 4.78 is 1.72. The summed E-state index contributed by atoms with van der Waals surface area (Å²) in [5, 5.41) is 11.9. The third-order valence-corrected chi connectivity index (χ3v) is 5.14. The highest BCUT2D eigenvalue weighted by molar-refractivity contribution is 6.27. The van der Waals surface area contributed by atoms with Crippen LogP contribution in [0.5, 0.6) is 0 Å². The summed E-state index contributed by atoms with van der Waals surface area (Å²) in [6, 6.07) is 8.73. The maximum atomic E-state index is 13.1. The van der Waals surface area contributed by atoms with Crippen LogP contribution in [0.4, 0.5) is 5.69 Å². The molecule has 2 aromatic carbocycles. The summed E-state index contributed by atoms with van der Waals surface area (Å²) >= 11 is 0. The van der Waals surface area contributed by atoms with Crippen LogP contribution in [0.1, 0.15) is 28.8 Å². The molecule has 0 radical (unpaired) electrons. The Morgan fingerprint density at radius 3 is 2.81 bits per heavy atom. The van der Waals surface area contributed by atoms with E-state index in [0.29, 0.717) is 24.2 Å². The molecule has 1 aromatic heterocycles. The van der Waals surface area contributed by atoms with Gasteiger partial charge in [0, 0.05) is 23.6 Å². The predicted octanol–water partition coefficient (Wildman–Crippen LogP) is 1.25. The van der Waals surface area contributed by atoms with Crippen LogP contribution in [0.25, 0.3) is 10.8 Å². The van der Waals surface area contributed by atoms with E-state index in [-0.39, 0.29) is 18.2 Å². The SMILES string of the molecule is O=C1CCC(N2C(=O)c3cccc4c(Cn5ccnn5)ccc2c34)C(=O)N1. The lowest BCUT2D eigenvalue weighted by molar-refractivity contribution is -0.134. The van der Waals surface area contributed by atoms with E-state index in [1.165, 1.54) is 4.90 Å². The molecule has 1 fully saturated rings. The van der Waals surface area contributed by atoms with Crippen molar-refractivity contribution in [2.24, 2.45) is 0 Å². The summed E-state index contributed by atoms with van der Waals surface area (Å²) in [4.78, 5) is 38.4. The number of anilines is 1. The number of carbonyl (C=O) groups is 3. The van der Waals surface area contributed by atoms with Gasteiger partial charge in [0.1, 0.15) is 6.04 Å².